The van der Waals surface area contributed by atoms with Gasteiger partial charge in [-0.05, 0) is 63.2 Å². The van der Waals surface area contributed by atoms with Crippen LogP contribution in [0.25, 0.3) is 0 Å². The highest BCUT2D eigenvalue weighted by Gasteiger charge is 2.48. The Labute approximate surface area is 147 Å². The molecular formula is C20H36O2S. The van der Waals surface area contributed by atoms with E-state index < -0.39 is 0 Å². The van der Waals surface area contributed by atoms with Gasteiger partial charge in [-0.3, -0.25) is 0 Å². The molecule has 0 radical (unpaired) electrons. The molecule has 2 saturated carbocycles. The van der Waals surface area contributed by atoms with Crippen molar-refractivity contribution in [1.29, 1.82) is 0 Å². The van der Waals surface area contributed by atoms with E-state index in [0.717, 1.165) is 35.5 Å². The van der Waals surface area contributed by atoms with Crippen molar-refractivity contribution >= 4 is 11.8 Å². The molecule has 1 saturated heterocycles. The van der Waals surface area contributed by atoms with Crippen molar-refractivity contribution in [1.82, 2.24) is 0 Å². The van der Waals surface area contributed by atoms with Crippen molar-refractivity contribution in [3.63, 3.8) is 0 Å². The van der Waals surface area contributed by atoms with E-state index in [1.54, 1.807) is 0 Å². The molecule has 1 heterocycles. The topological polar surface area (TPSA) is 18.5 Å². The summed E-state index contributed by atoms with van der Waals surface area (Å²) in [4.78, 5) is 0. The zero-order chi connectivity index (χ0) is 16.1. The Balaban J connectivity index is 1.45. The number of hydrogen-bond donors (Lipinski definition) is 0. The second kappa shape index (κ2) is 9.10. The third-order valence-corrected chi connectivity index (χ3v) is 7.98. The molecule has 0 aromatic heterocycles. The zero-order valence-corrected chi connectivity index (χ0v) is 16.0. The van der Waals surface area contributed by atoms with Crippen molar-refractivity contribution in [2.75, 3.05) is 13.2 Å². The third-order valence-electron chi connectivity index (χ3n) is 6.19. The fourth-order valence-corrected chi connectivity index (χ4v) is 7.02. The molecule has 0 bridgehead atoms. The molecule has 0 aromatic carbocycles. The minimum Gasteiger partial charge on any atom is -0.378 e. The van der Waals surface area contributed by atoms with Crippen LogP contribution in [0.4, 0.5) is 0 Å². The SMILES string of the molecule is CCCCOC1CCC2C(C1)SC1CC(OCCCC)CCC12. The zero-order valence-electron chi connectivity index (χ0n) is 15.2. The maximum Gasteiger partial charge on any atom is 0.0585 e. The first kappa shape index (κ1) is 18.1. The van der Waals surface area contributed by atoms with E-state index in [4.69, 9.17) is 9.47 Å². The average Bonchev–Trinajstić information content (AvgIpc) is 2.92. The standard InChI is InChI=1S/C20H36O2S/c1-3-5-11-21-15-7-9-17-18-10-8-16(22-12-6-4-2)14-20(18)23-19(17)13-15/h15-20H,3-14H2,1-2H3. The Morgan fingerprint density at radius 3 is 1.65 bits per heavy atom. The number of rotatable bonds is 8. The second-order valence-electron chi connectivity index (χ2n) is 7.86. The Kier molecular flexibility index (Phi) is 7.15. The van der Waals surface area contributed by atoms with E-state index in [0.29, 0.717) is 12.2 Å². The van der Waals surface area contributed by atoms with Gasteiger partial charge < -0.3 is 9.47 Å². The summed E-state index contributed by atoms with van der Waals surface area (Å²) in [6.45, 7) is 6.44. The van der Waals surface area contributed by atoms with Crippen molar-refractivity contribution in [2.24, 2.45) is 11.8 Å². The maximum absolute atomic E-state index is 6.13. The molecule has 0 N–H and O–H groups in total. The largest absolute Gasteiger partial charge is 0.378 e. The van der Waals surface area contributed by atoms with Gasteiger partial charge in [0.05, 0.1) is 12.2 Å². The van der Waals surface area contributed by atoms with Crippen LogP contribution in [0.5, 0.6) is 0 Å². The first-order valence-electron chi connectivity index (χ1n) is 10.2. The van der Waals surface area contributed by atoms with Crippen LogP contribution in [0.3, 0.4) is 0 Å². The van der Waals surface area contributed by atoms with Crippen LogP contribution in [0.1, 0.15) is 78.1 Å². The van der Waals surface area contributed by atoms with E-state index in [-0.39, 0.29) is 0 Å². The smallest absolute Gasteiger partial charge is 0.0585 e. The van der Waals surface area contributed by atoms with Crippen molar-refractivity contribution in [2.45, 2.75) is 101 Å². The predicted molar refractivity (Wildman–Crippen MR) is 99.1 cm³/mol. The third kappa shape index (κ3) is 4.67. The van der Waals surface area contributed by atoms with E-state index in [1.807, 2.05) is 0 Å². The van der Waals surface area contributed by atoms with Gasteiger partial charge in [0.25, 0.3) is 0 Å². The Bertz CT molecular complexity index is 317. The fourth-order valence-electron chi connectivity index (χ4n) is 4.84. The molecule has 0 aromatic rings. The molecule has 23 heavy (non-hydrogen) atoms. The summed E-state index contributed by atoms with van der Waals surface area (Å²) >= 11 is 2.30. The minimum atomic E-state index is 0.548. The van der Waals surface area contributed by atoms with E-state index >= 15 is 0 Å². The molecule has 3 heteroatoms. The van der Waals surface area contributed by atoms with Crippen molar-refractivity contribution < 1.29 is 9.47 Å². The summed E-state index contributed by atoms with van der Waals surface area (Å²) in [5.41, 5.74) is 0. The molecule has 3 aliphatic rings. The van der Waals surface area contributed by atoms with Crippen LogP contribution in [-0.4, -0.2) is 35.9 Å². The Morgan fingerprint density at radius 2 is 1.22 bits per heavy atom. The maximum atomic E-state index is 6.13. The lowest BCUT2D eigenvalue weighted by atomic mass is 9.72. The molecule has 2 aliphatic carbocycles. The monoisotopic (exact) mass is 340 g/mol. The quantitative estimate of drug-likeness (QED) is 0.548. The number of thioether (sulfide) groups is 1. The average molecular weight is 341 g/mol. The molecule has 6 unspecified atom stereocenters. The predicted octanol–water partition coefficient (Wildman–Crippen LogP) is 5.44. The van der Waals surface area contributed by atoms with E-state index in [9.17, 15) is 0 Å². The van der Waals surface area contributed by atoms with Crippen molar-refractivity contribution in [3.8, 4) is 0 Å². The van der Waals surface area contributed by atoms with Gasteiger partial charge in [0.1, 0.15) is 0 Å². The van der Waals surface area contributed by atoms with Gasteiger partial charge in [0, 0.05) is 23.7 Å². The Morgan fingerprint density at radius 1 is 0.739 bits per heavy atom. The summed E-state index contributed by atoms with van der Waals surface area (Å²) in [6.07, 6.45) is 14.1. The molecular weight excluding hydrogens is 304 g/mol. The van der Waals surface area contributed by atoms with Gasteiger partial charge in [-0.25, -0.2) is 0 Å². The molecule has 3 fully saturated rings. The number of hydrogen-bond acceptors (Lipinski definition) is 3. The highest BCUT2D eigenvalue weighted by Crippen LogP contribution is 2.55. The van der Waals surface area contributed by atoms with Crippen LogP contribution in [0, 0.1) is 11.8 Å². The van der Waals surface area contributed by atoms with E-state index in [1.165, 1.54) is 64.2 Å². The van der Waals surface area contributed by atoms with Crippen molar-refractivity contribution in [3.05, 3.63) is 0 Å². The van der Waals surface area contributed by atoms with Crippen LogP contribution in [-0.2, 0) is 9.47 Å². The van der Waals surface area contributed by atoms with Crippen LogP contribution >= 0.6 is 11.8 Å². The molecule has 134 valence electrons. The summed E-state index contributed by atoms with van der Waals surface area (Å²) in [7, 11) is 0. The highest BCUT2D eigenvalue weighted by molar-refractivity contribution is 8.00. The lowest BCUT2D eigenvalue weighted by Gasteiger charge is -2.36. The summed E-state index contributed by atoms with van der Waals surface area (Å²) in [6, 6.07) is 0. The fraction of sp³-hybridized carbons (Fsp3) is 1.00. The van der Waals surface area contributed by atoms with Crippen LogP contribution in [0.15, 0.2) is 0 Å². The van der Waals surface area contributed by atoms with Gasteiger partial charge in [-0.15, -0.1) is 0 Å². The van der Waals surface area contributed by atoms with Crippen LogP contribution < -0.4 is 0 Å². The molecule has 3 rings (SSSR count). The minimum absolute atomic E-state index is 0.548. The number of ether oxygens (including phenoxy) is 2. The number of fused-ring (bicyclic) bond motifs is 3. The molecule has 1 aliphatic heterocycles. The van der Waals surface area contributed by atoms with Gasteiger partial charge in [-0.2, -0.15) is 11.8 Å². The lowest BCUT2D eigenvalue weighted by Crippen LogP contribution is -2.35. The second-order valence-corrected chi connectivity index (χ2v) is 9.34. The van der Waals surface area contributed by atoms with Gasteiger partial charge in [0.15, 0.2) is 0 Å². The lowest BCUT2D eigenvalue weighted by molar-refractivity contribution is -0.00181. The van der Waals surface area contributed by atoms with Gasteiger partial charge >= 0.3 is 0 Å². The van der Waals surface area contributed by atoms with Crippen LogP contribution in [0.2, 0.25) is 0 Å². The normalized spacial score (nSPS) is 39.9. The van der Waals surface area contributed by atoms with Gasteiger partial charge in [-0.1, -0.05) is 26.7 Å². The summed E-state index contributed by atoms with van der Waals surface area (Å²) in [5, 5.41) is 1.75. The summed E-state index contributed by atoms with van der Waals surface area (Å²) in [5.74, 6) is 1.96. The summed E-state index contributed by atoms with van der Waals surface area (Å²) < 4.78 is 12.3. The first-order valence-corrected chi connectivity index (χ1v) is 11.1. The van der Waals surface area contributed by atoms with Gasteiger partial charge in [0.2, 0.25) is 0 Å². The first-order chi connectivity index (χ1) is 11.3. The highest BCUT2D eigenvalue weighted by atomic mass is 32.2. The number of unbranched alkanes of at least 4 members (excludes halogenated alkanes) is 2. The Hall–Kier alpha value is 0.270. The van der Waals surface area contributed by atoms with E-state index in [2.05, 4.69) is 25.6 Å². The molecule has 2 nitrogen and oxygen atoms in total. The molecule has 0 amide bonds. The molecule has 0 spiro atoms. The molecule has 6 atom stereocenters.